The van der Waals surface area contributed by atoms with Crippen molar-refractivity contribution >= 4 is 37.5 Å². The number of hydrogen-bond donors (Lipinski definition) is 0. The first-order valence-electron chi connectivity index (χ1n) is 7.95. The zero-order valence-corrected chi connectivity index (χ0v) is 13.7. The zero-order chi connectivity index (χ0) is 14.2. The minimum Gasteiger partial charge on any atom is -0.0616 e. The van der Waals surface area contributed by atoms with Gasteiger partial charge in [-0.15, -0.1) is 0 Å². The molecule has 0 unspecified atom stereocenters. The number of hydrogen-bond acceptors (Lipinski definition) is 0. The molecule has 4 rings (SSSR count). The van der Waals surface area contributed by atoms with Crippen molar-refractivity contribution in [2.75, 3.05) is 0 Å². The van der Waals surface area contributed by atoms with Gasteiger partial charge in [0.2, 0.25) is 0 Å². The Morgan fingerprint density at radius 2 is 1.14 bits per heavy atom. The van der Waals surface area contributed by atoms with Crippen LogP contribution in [0.15, 0.2) is 53.0 Å². The molecule has 0 radical (unpaired) electrons. The van der Waals surface area contributed by atoms with Crippen LogP contribution in [-0.4, -0.2) is 0 Å². The Morgan fingerprint density at radius 1 is 0.667 bits per heavy atom. The summed E-state index contributed by atoms with van der Waals surface area (Å²) in [5.74, 6) is 0.724. The van der Waals surface area contributed by atoms with E-state index >= 15 is 0 Å². The van der Waals surface area contributed by atoms with E-state index in [0.29, 0.717) is 0 Å². The van der Waals surface area contributed by atoms with Crippen molar-refractivity contribution in [2.45, 2.75) is 38.0 Å². The molecule has 0 aromatic heterocycles. The Hall–Kier alpha value is -1.34. The van der Waals surface area contributed by atoms with Crippen LogP contribution in [0.4, 0.5) is 0 Å². The predicted molar refractivity (Wildman–Crippen MR) is 95.0 cm³/mol. The van der Waals surface area contributed by atoms with Gasteiger partial charge in [-0.25, -0.2) is 0 Å². The molecule has 1 fully saturated rings. The van der Waals surface area contributed by atoms with E-state index in [9.17, 15) is 0 Å². The normalized spacial score (nSPS) is 16.6. The lowest BCUT2D eigenvalue weighted by molar-refractivity contribution is 0.447. The number of rotatable bonds is 1. The maximum Gasteiger partial charge on any atom is 0.0332 e. The highest BCUT2D eigenvalue weighted by Crippen LogP contribution is 2.43. The van der Waals surface area contributed by atoms with E-state index < -0.39 is 0 Å². The molecule has 0 nitrogen and oxygen atoms in total. The summed E-state index contributed by atoms with van der Waals surface area (Å²) in [6.45, 7) is 0. The third-order valence-corrected chi connectivity index (χ3v) is 5.78. The first-order chi connectivity index (χ1) is 10.4. The van der Waals surface area contributed by atoms with Gasteiger partial charge in [0.1, 0.15) is 0 Å². The second-order valence-electron chi connectivity index (χ2n) is 6.15. The summed E-state index contributed by atoms with van der Waals surface area (Å²) in [7, 11) is 0. The molecule has 1 heteroatoms. The number of benzene rings is 3. The highest BCUT2D eigenvalue weighted by atomic mass is 79.9. The summed E-state index contributed by atoms with van der Waals surface area (Å²) < 4.78 is 1.24. The average molecular weight is 339 g/mol. The molecule has 1 saturated carbocycles. The molecule has 0 amide bonds. The topological polar surface area (TPSA) is 0 Å². The van der Waals surface area contributed by atoms with Crippen LogP contribution in [0.25, 0.3) is 21.5 Å². The van der Waals surface area contributed by atoms with E-state index in [1.54, 1.807) is 5.56 Å². The molecule has 0 saturated heterocycles. The maximum absolute atomic E-state index is 3.84. The van der Waals surface area contributed by atoms with Crippen molar-refractivity contribution in [3.05, 3.63) is 58.6 Å². The van der Waals surface area contributed by atoms with Crippen LogP contribution in [0.5, 0.6) is 0 Å². The third kappa shape index (κ3) is 2.19. The smallest absolute Gasteiger partial charge is 0.0332 e. The van der Waals surface area contributed by atoms with Gasteiger partial charge in [-0.3, -0.25) is 0 Å². The molecule has 106 valence electrons. The van der Waals surface area contributed by atoms with Gasteiger partial charge in [-0.2, -0.15) is 0 Å². The molecule has 3 aromatic carbocycles. The monoisotopic (exact) mass is 338 g/mol. The van der Waals surface area contributed by atoms with Gasteiger partial charge in [0.15, 0.2) is 0 Å². The van der Waals surface area contributed by atoms with Crippen molar-refractivity contribution in [3.63, 3.8) is 0 Å². The maximum atomic E-state index is 3.84. The van der Waals surface area contributed by atoms with Gasteiger partial charge in [-0.05, 0) is 61.8 Å². The average Bonchev–Trinajstić information content (AvgIpc) is 2.56. The fourth-order valence-corrected chi connectivity index (χ4v) is 4.63. The highest BCUT2D eigenvalue weighted by molar-refractivity contribution is 9.10. The second-order valence-corrected chi connectivity index (χ2v) is 6.95. The van der Waals surface area contributed by atoms with Gasteiger partial charge in [0.25, 0.3) is 0 Å². The molecule has 0 heterocycles. The summed E-state index contributed by atoms with van der Waals surface area (Å²) in [5.41, 5.74) is 1.59. The number of fused-ring (bicyclic) bond motifs is 2. The SMILES string of the molecule is Brc1c2ccccc2c(C2CCCCC2)c2ccccc12. The van der Waals surface area contributed by atoms with Crippen molar-refractivity contribution in [2.24, 2.45) is 0 Å². The molecule has 0 bridgehead atoms. The van der Waals surface area contributed by atoms with Crippen molar-refractivity contribution in [1.29, 1.82) is 0 Å². The van der Waals surface area contributed by atoms with Crippen LogP contribution in [0.2, 0.25) is 0 Å². The minimum atomic E-state index is 0.724. The number of halogens is 1. The van der Waals surface area contributed by atoms with E-state index in [-0.39, 0.29) is 0 Å². The van der Waals surface area contributed by atoms with Gasteiger partial charge in [0, 0.05) is 4.47 Å². The van der Waals surface area contributed by atoms with Crippen LogP contribution in [0.3, 0.4) is 0 Å². The van der Waals surface area contributed by atoms with Gasteiger partial charge in [-0.1, -0.05) is 67.8 Å². The predicted octanol–water partition coefficient (Wildman–Crippen LogP) is 6.80. The Labute approximate surface area is 134 Å². The highest BCUT2D eigenvalue weighted by Gasteiger charge is 2.21. The van der Waals surface area contributed by atoms with Gasteiger partial charge in [0.05, 0.1) is 0 Å². The standard InChI is InChI=1S/C20H19Br/c21-20-17-12-6-4-10-15(17)19(14-8-2-1-3-9-14)16-11-5-7-13-18(16)20/h4-7,10-14H,1-3,8-9H2. The van der Waals surface area contributed by atoms with Gasteiger partial charge >= 0.3 is 0 Å². The molecular formula is C20H19Br. The van der Waals surface area contributed by atoms with Crippen LogP contribution in [0, 0.1) is 0 Å². The second kappa shape index (κ2) is 5.46. The fraction of sp³-hybridized carbons (Fsp3) is 0.300. The van der Waals surface area contributed by atoms with E-state index in [1.807, 2.05) is 0 Å². The molecule has 21 heavy (non-hydrogen) atoms. The lowest BCUT2D eigenvalue weighted by Gasteiger charge is -2.25. The third-order valence-electron chi connectivity index (χ3n) is 4.92. The molecule has 0 atom stereocenters. The Kier molecular flexibility index (Phi) is 3.46. The zero-order valence-electron chi connectivity index (χ0n) is 12.1. The summed E-state index contributed by atoms with van der Waals surface area (Å²) in [5, 5.41) is 5.60. The minimum absolute atomic E-state index is 0.724. The van der Waals surface area contributed by atoms with Crippen LogP contribution in [0.1, 0.15) is 43.6 Å². The fourth-order valence-electron chi connectivity index (χ4n) is 3.94. The van der Waals surface area contributed by atoms with E-state index in [1.165, 1.54) is 58.1 Å². The largest absolute Gasteiger partial charge is 0.0616 e. The molecule has 3 aromatic rings. The molecule has 1 aliphatic rings. The van der Waals surface area contributed by atoms with Crippen LogP contribution in [-0.2, 0) is 0 Å². The Balaban J connectivity index is 2.11. The lowest BCUT2D eigenvalue weighted by Crippen LogP contribution is -2.06. The van der Waals surface area contributed by atoms with Crippen molar-refractivity contribution in [3.8, 4) is 0 Å². The molecule has 0 aliphatic heterocycles. The summed E-state index contributed by atoms with van der Waals surface area (Å²) in [6.07, 6.45) is 6.85. The van der Waals surface area contributed by atoms with Crippen LogP contribution >= 0.6 is 15.9 Å². The molecule has 0 spiro atoms. The van der Waals surface area contributed by atoms with E-state index in [2.05, 4.69) is 64.5 Å². The lowest BCUT2D eigenvalue weighted by atomic mass is 9.80. The van der Waals surface area contributed by atoms with E-state index in [0.717, 1.165) is 5.92 Å². The molecule has 0 N–H and O–H groups in total. The first-order valence-corrected chi connectivity index (χ1v) is 8.74. The quantitative estimate of drug-likeness (QED) is 0.428. The Morgan fingerprint density at radius 3 is 1.67 bits per heavy atom. The van der Waals surface area contributed by atoms with Crippen molar-refractivity contribution < 1.29 is 0 Å². The van der Waals surface area contributed by atoms with E-state index in [4.69, 9.17) is 0 Å². The summed E-state index contributed by atoms with van der Waals surface area (Å²) in [6, 6.07) is 17.7. The molecule has 1 aliphatic carbocycles. The van der Waals surface area contributed by atoms with Crippen molar-refractivity contribution in [1.82, 2.24) is 0 Å². The summed E-state index contributed by atoms with van der Waals surface area (Å²) in [4.78, 5) is 0. The van der Waals surface area contributed by atoms with Crippen LogP contribution < -0.4 is 0 Å². The molecular weight excluding hydrogens is 320 g/mol. The Bertz CT molecular complexity index is 740. The first kappa shape index (κ1) is 13.3. The van der Waals surface area contributed by atoms with Gasteiger partial charge < -0.3 is 0 Å². The summed E-state index contributed by atoms with van der Waals surface area (Å²) >= 11 is 3.84.